The molecule has 102 valence electrons. The van der Waals surface area contributed by atoms with E-state index in [1.165, 1.54) is 11.3 Å². The van der Waals surface area contributed by atoms with Crippen molar-refractivity contribution in [3.8, 4) is 0 Å². The highest BCUT2D eigenvalue weighted by Gasteiger charge is 2.12. The summed E-state index contributed by atoms with van der Waals surface area (Å²) in [7, 11) is 1.73. The molecule has 6 nitrogen and oxygen atoms in total. The second-order valence-corrected chi connectivity index (χ2v) is 5.47. The maximum Gasteiger partial charge on any atom is 0.323 e. The summed E-state index contributed by atoms with van der Waals surface area (Å²) in [6.45, 7) is 4.56. The molecular formula is C12H17N5OS. The zero-order chi connectivity index (χ0) is 13.8. The quantitative estimate of drug-likeness (QED) is 0.935. The third-order valence-corrected chi connectivity index (χ3v) is 3.34. The number of amides is 2. The number of carbonyl (C=O) groups excluding carboxylic acids is 1. The van der Waals surface area contributed by atoms with Crippen LogP contribution in [0.15, 0.2) is 23.8 Å². The molecule has 0 atom stereocenters. The van der Waals surface area contributed by atoms with Crippen LogP contribution in [0, 0.1) is 0 Å². The first-order valence-electron chi connectivity index (χ1n) is 6.02. The lowest BCUT2D eigenvalue weighted by molar-refractivity contribution is 0.220. The summed E-state index contributed by atoms with van der Waals surface area (Å²) in [6.07, 6.45) is 3.58. The molecule has 2 amide bonds. The molecule has 0 spiro atoms. The fourth-order valence-electron chi connectivity index (χ4n) is 1.50. The van der Waals surface area contributed by atoms with E-state index < -0.39 is 0 Å². The largest absolute Gasteiger partial charge is 0.323 e. The predicted molar refractivity (Wildman–Crippen MR) is 75.2 cm³/mol. The highest BCUT2D eigenvalue weighted by molar-refractivity contribution is 7.09. The van der Waals surface area contributed by atoms with Gasteiger partial charge >= 0.3 is 6.03 Å². The molecule has 0 bridgehead atoms. The molecule has 2 heterocycles. The molecular weight excluding hydrogens is 262 g/mol. The van der Waals surface area contributed by atoms with Gasteiger partial charge in [-0.15, -0.1) is 11.3 Å². The van der Waals surface area contributed by atoms with E-state index in [0.717, 1.165) is 5.01 Å². The van der Waals surface area contributed by atoms with Crippen LogP contribution in [0.4, 0.5) is 10.6 Å². The van der Waals surface area contributed by atoms with E-state index in [-0.39, 0.29) is 12.1 Å². The van der Waals surface area contributed by atoms with E-state index in [0.29, 0.717) is 12.4 Å². The lowest BCUT2D eigenvalue weighted by Crippen LogP contribution is -2.31. The number of carbonyl (C=O) groups is 1. The molecule has 2 aromatic heterocycles. The van der Waals surface area contributed by atoms with Gasteiger partial charge in [0.1, 0.15) is 5.01 Å². The maximum atomic E-state index is 12.0. The normalized spacial score (nSPS) is 10.7. The van der Waals surface area contributed by atoms with Gasteiger partial charge in [0.05, 0.1) is 6.54 Å². The summed E-state index contributed by atoms with van der Waals surface area (Å²) in [4.78, 5) is 17.7. The smallest absolute Gasteiger partial charge is 0.321 e. The second kappa shape index (κ2) is 5.83. The van der Waals surface area contributed by atoms with E-state index >= 15 is 0 Å². The van der Waals surface area contributed by atoms with Crippen LogP contribution in [0.5, 0.6) is 0 Å². The van der Waals surface area contributed by atoms with Gasteiger partial charge in [0, 0.05) is 36.9 Å². The fraction of sp³-hybridized carbons (Fsp3) is 0.417. The average molecular weight is 279 g/mol. The van der Waals surface area contributed by atoms with Crippen LogP contribution in [0.25, 0.3) is 0 Å². The molecule has 0 unspecified atom stereocenters. The topological polar surface area (TPSA) is 63.1 Å². The molecule has 0 fully saturated rings. The van der Waals surface area contributed by atoms with Gasteiger partial charge in [-0.1, -0.05) is 0 Å². The maximum absolute atomic E-state index is 12.0. The van der Waals surface area contributed by atoms with E-state index in [1.807, 2.05) is 25.4 Å². The zero-order valence-corrected chi connectivity index (χ0v) is 12.0. The number of anilines is 1. The van der Waals surface area contributed by atoms with Gasteiger partial charge in [-0.05, 0) is 13.8 Å². The van der Waals surface area contributed by atoms with E-state index in [1.54, 1.807) is 28.9 Å². The molecule has 0 saturated heterocycles. The van der Waals surface area contributed by atoms with Crippen molar-refractivity contribution in [2.24, 2.45) is 0 Å². The molecule has 2 aromatic rings. The van der Waals surface area contributed by atoms with Crippen molar-refractivity contribution in [1.82, 2.24) is 19.7 Å². The molecule has 0 aliphatic rings. The minimum Gasteiger partial charge on any atom is -0.321 e. The molecule has 0 radical (unpaired) electrons. The number of hydrogen-bond donors (Lipinski definition) is 1. The Morgan fingerprint density at radius 1 is 1.58 bits per heavy atom. The summed E-state index contributed by atoms with van der Waals surface area (Å²) < 4.78 is 1.80. The molecule has 0 aliphatic heterocycles. The second-order valence-electron chi connectivity index (χ2n) is 4.49. The van der Waals surface area contributed by atoms with Crippen LogP contribution in [0.2, 0.25) is 0 Å². The Kier molecular flexibility index (Phi) is 4.16. The van der Waals surface area contributed by atoms with Crippen molar-refractivity contribution in [2.75, 3.05) is 12.4 Å². The van der Waals surface area contributed by atoms with Gasteiger partial charge in [-0.3, -0.25) is 10.00 Å². The van der Waals surface area contributed by atoms with Gasteiger partial charge in [-0.2, -0.15) is 5.10 Å². The Morgan fingerprint density at radius 2 is 2.37 bits per heavy atom. The Balaban J connectivity index is 1.92. The fourth-order valence-corrected chi connectivity index (χ4v) is 2.17. The predicted octanol–water partition coefficient (Wildman–Crippen LogP) is 2.58. The summed E-state index contributed by atoms with van der Waals surface area (Å²) in [6, 6.07) is 1.87. The summed E-state index contributed by atoms with van der Waals surface area (Å²) in [5.41, 5.74) is 0. The van der Waals surface area contributed by atoms with E-state index in [4.69, 9.17) is 0 Å². The average Bonchev–Trinajstić information content (AvgIpc) is 2.99. The van der Waals surface area contributed by atoms with Gasteiger partial charge in [0.15, 0.2) is 5.82 Å². The van der Waals surface area contributed by atoms with Crippen molar-refractivity contribution in [3.63, 3.8) is 0 Å². The minimum absolute atomic E-state index is 0.191. The summed E-state index contributed by atoms with van der Waals surface area (Å²) in [5, 5.41) is 9.84. The molecule has 19 heavy (non-hydrogen) atoms. The first-order chi connectivity index (χ1) is 9.06. The van der Waals surface area contributed by atoms with Gasteiger partial charge in [-0.25, -0.2) is 9.78 Å². The Morgan fingerprint density at radius 3 is 2.95 bits per heavy atom. The van der Waals surface area contributed by atoms with E-state index in [9.17, 15) is 4.79 Å². The van der Waals surface area contributed by atoms with E-state index in [2.05, 4.69) is 15.4 Å². The number of rotatable bonds is 4. The van der Waals surface area contributed by atoms with Crippen LogP contribution < -0.4 is 5.32 Å². The minimum atomic E-state index is -0.191. The van der Waals surface area contributed by atoms with Crippen LogP contribution in [0.3, 0.4) is 0 Å². The van der Waals surface area contributed by atoms with Crippen molar-refractivity contribution < 1.29 is 4.79 Å². The zero-order valence-electron chi connectivity index (χ0n) is 11.2. The van der Waals surface area contributed by atoms with Crippen molar-refractivity contribution in [2.45, 2.75) is 26.4 Å². The van der Waals surface area contributed by atoms with Crippen LogP contribution in [-0.4, -0.2) is 32.7 Å². The van der Waals surface area contributed by atoms with Crippen LogP contribution in [-0.2, 0) is 6.54 Å². The van der Waals surface area contributed by atoms with Gasteiger partial charge < -0.3 is 4.90 Å². The molecule has 0 aliphatic carbocycles. The first-order valence-corrected chi connectivity index (χ1v) is 6.90. The van der Waals surface area contributed by atoms with Crippen molar-refractivity contribution in [3.05, 3.63) is 28.8 Å². The Bertz CT molecular complexity index is 534. The summed E-state index contributed by atoms with van der Waals surface area (Å²) in [5.74, 6) is 0.560. The highest BCUT2D eigenvalue weighted by Crippen LogP contribution is 2.10. The highest BCUT2D eigenvalue weighted by atomic mass is 32.1. The Labute approximate surface area is 116 Å². The van der Waals surface area contributed by atoms with Crippen LogP contribution in [0.1, 0.15) is 24.9 Å². The molecule has 0 saturated carbocycles. The Hall–Kier alpha value is -1.89. The summed E-state index contributed by atoms with van der Waals surface area (Å²) >= 11 is 1.53. The third-order valence-electron chi connectivity index (χ3n) is 2.58. The lowest BCUT2D eigenvalue weighted by atomic mass is 10.4. The molecule has 1 N–H and O–H groups in total. The van der Waals surface area contributed by atoms with Gasteiger partial charge in [0.2, 0.25) is 0 Å². The van der Waals surface area contributed by atoms with Crippen molar-refractivity contribution >= 4 is 23.2 Å². The number of thiazole rings is 1. The van der Waals surface area contributed by atoms with Gasteiger partial charge in [0.25, 0.3) is 0 Å². The monoisotopic (exact) mass is 279 g/mol. The number of nitrogens with zero attached hydrogens (tertiary/aromatic N) is 4. The third kappa shape index (κ3) is 3.54. The number of nitrogens with one attached hydrogen (secondary N) is 1. The molecule has 2 rings (SSSR count). The first kappa shape index (κ1) is 13.5. The lowest BCUT2D eigenvalue weighted by Gasteiger charge is -2.15. The van der Waals surface area contributed by atoms with Crippen molar-refractivity contribution in [1.29, 1.82) is 0 Å². The number of aromatic nitrogens is 3. The molecule has 7 heteroatoms. The SMILES string of the molecule is CC(C)n1ccc(NC(=O)N(C)Cc2nccs2)n1. The van der Waals surface area contributed by atoms with Crippen LogP contribution >= 0.6 is 11.3 Å². The number of hydrogen-bond acceptors (Lipinski definition) is 4. The number of urea groups is 1. The molecule has 0 aromatic carbocycles. The standard InChI is InChI=1S/C12H17N5OS/c1-9(2)17-6-4-10(15-17)14-12(18)16(3)8-11-13-5-7-19-11/h4-7,9H,8H2,1-3H3,(H,14,15,18).